The molecule has 3 N–H and O–H groups in total. The lowest BCUT2D eigenvalue weighted by molar-refractivity contribution is -0.450. The van der Waals surface area contributed by atoms with E-state index in [9.17, 15) is 39.9 Å². The van der Waals surface area contributed by atoms with Gasteiger partial charge in [-0.15, -0.1) is 0 Å². The van der Waals surface area contributed by atoms with E-state index in [0.29, 0.717) is 0 Å². The van der Waals surface area contributed by atoms with E-state index < -0.39 is 43.0 Å². The standard InChI is InChI=1S/C7H7F8NO3/c8-4(9)6(12,13)19-7(14,15)5(10,11)1-2(16)3(17)18/h2,4H,1,16H2,(H,17,18)/t2-/m1/s1. The van der Waals surface area contributed by atoms with Crippen molar-refractivity contribution in [3.8, 4) is 0 Å². The maximum Gasteiger partial charge on any atom is 0.424 e. The van der Waals surface area contributed by atoms with Crippen LogP contribution < -0.4 is 5.73 Å². The Morgan fingerprint density at radius 3 is 1.89 bits per heavy atom. The van der Waals surface area contributed by atoms with Crippen molar-refractivity contribution in [2.45, 2.75) is 37.0 Å². The number of ether oxygens (including phenoxy) is 1. The molecule has 0 unspecified atom stereocenters. The van der Waals surface area contributed by atoms with Gasteiger partial charge in [-0.05, 0) is 0 Å². The molecule has 0 aromatic carbocycles. The first-order valence-electron chi connectivity index (χ1n) is 4.33. The minimum Gasteiger partial charge on any atom is -0.480 e. The molecular formula is C7H7F8NO3. The Labute approximate surface area is 99.7 Å². The Kier molecular flexibility index (Phi) is 5.11. The lowest BCUT2D eigenvalue weighted by atomic mass is 10.1. The zero-order valence-corrected chi connectivity index (χ0v) is 8.73. The van der Waals surface area contributed by atoms with Gasteiger partial charge in [0.25, 0.3) is 0 Å². The Morgan fingerprint density at radius 1 is 1.16 bits per heavy atom. The lowest BCUT2D eigenvalue weighted by Gasteiger charge is -2.29. The van der Waals surface area contributed by atoms with Gasteiger partial charge < -0.3 is 10.8 Å². The maximum absolute atomic E-state index is 12.8. The van der Waals surface area contributed by atoms with Gasteiger partial charge in [0.05, 0.1) is 0 Å². The average molecular weight is 305 g/mol. The van der Waals surface area contributed by atoms with Crippen LogP contribution in [0.5, 0.6) is 0 Å². The largest absolute Gasteiger partial charge is 0.480 e. The van der Waals surface area contributed by atoms with E-state index in [1.54, 1.807) is 0 Å². The number of nitrogens with two attached hydrogens (primary N) is 1. The monoisotopic (exact) mass is 305 g/mol. The highest BCUT2D eigenvalue weighted by Crippen LogP contribution is 2.43. The quantitative estimate of drug-likeness (QED) is 0.705. The van der Waals surface area contributed by atoms with Crippen LogP contribution in [0.15, 0.2) is 0 Å². The molecule has 0 saturated carbocycles. The van der Waals surface area contributed by atoms with E-state index in [0.717, 1.165) is 0 Å². The summed E-state index contributed by atoms with van der Waals surface area (Å²) >= 11 is 0. The Morgan fingerprint density at radius 2 is 1.58 bits per heavy atom. The highest BCUT2D eigenvalue weighted by Gasteiger charge is 2.64. The van der Waals surface area contributed by atoms with Crippen molar-refractivity contribution in [2.24, 2.45) is 5.73 Å². The molecule has 0 heterocycles. The predicted octanol–water partition coefficient (Wildman–Crippen LogP) is 1.89. The van der Waals surface area contributed by atoms with Crippen molar-refractivity contribution >= 4 is 5.97 Å². The number of carboxylic acid groups (broad SMARTS) is 1. The third kappa shape index (κ3) is 4.45. The van der Waals surface area contributed by atoms with Crippen molar-refractivity contribution in [2.75, 3.05) is 0 Å². The molecule has 0 aliphatic heterocycles. The van der Waals surface area contributed by atoms with Gasteiger partial charge in [-0.3, -0.25) is 4.79 Å². The van der Waals surface area contributed by atoms with Gasteiger partial charge in [-0.25, -0.2) is 13.5 Å². The second kappa shape index (κ2) is 5.45. The number of rotatable bonds is 7. The lowest BCUT2D eigenvalue weighted by Crippen LogP contribution is -2.52. The molecule has 1 atom stereocenters. The fourth-order valence-electron chi connectivity index (χ4n) is 0.772. The molecule has 0 saturated heterocycles. The van der Waals surface area contributed by atoms with Crippen molar-refractivity contribution < 1.29 is 49.8 Å². The number of halogens is 8. The van der Waals surface area contributed by atoms with E-state index in [2.05, 4.69) is 10.5 Å². The van der Waals surface area contributed by atoms with Crippen LogP contribution in [0.1, 0.15) is 6.42 Å². The van der Waals surface area contributed by atoms with E-state index in [1.807, 2.05) is 0 Å². The van der Waals surface area contributed by atoms with Gasteiger partial charge in [0.1, 0.15) is 6.04 Å². The number of aliphatic carboxylic acids is 1. The summed E-state index contributed by atoms with van der Waals surface area (Å²) in [5, 5.41) is 8.12. The zero-order valence-electron chi connectivity index (χ0n) is 8.73. The summed E-state index contributed by atoms with van der Waals surface area (Å²) in [4.78, 5) is 10.1. The second-order valence-corrected chi connectivity index (χ2v) is 3.33. The Hall–Kier alpha value is -1.17. The fraction of sp³-hybridized carbons (Fsp3) is 0.857. The summed E-state index contributed by atoms with van der Waals surface area (Å²) in [6.07, 6.45) is -18.9. The van der Waals surface area contributed by atoms with Gasteiger partial charge in [0, 0.05) is 6.42 Å². The number of hydrogen-bond donors (Lipinski definition) is 2. The summed E-state index contributed by atoms with van der Waals surface area (Å²) in [5.41, 5.74) is 4.52. The minimum atomic E-state index is -6.03. The molecule has 0 fully saturated rings. The van der Waals surface area contributed by atoms with Crippen molar-refractivity contribution in [3.63, 3.8) is 0 Å². The molecule has 0 aliphatic carbocycles. The van der Waals surface area contributed by atoms with Gasteiger partial charge in [-0.1, -0.05) is 0 Å². The molecule has 12 heteroatoms. The summed E-state index contributed by atoms with van der Waals surface area (Å²) in [6.45, 7) is 0. The Bertz CT molecular complexity index is 334. The molecule has 0 bridgehead atoms. The third-order valence-corrected chi connectivity index (χ3v) is 1.74. The van der Waals surface area contributed by atoms with Crippen LogP contribution in [0.25, 0.3) is 0 Å². The Balaban J connectivity index is 5.02. The van der Waals surface area contributed by atoms with E-state index in [4.69, 9.17) is 5.11 Å². The maximum atomic E-state index is 12.8. The van der Waals surface area contributed by atoms with Gasteiger partial charge in [0.2, 0.25) is 0 Å². The van der Waals surface area contributed by atoms with E-state index in [1.165, 1.54) is 0 Å². The summed E-state index contributed by atoms with van der Waals surface area (Å²) < 4.78 is 100. The second-order valence-electron chi connectivity index (χ2n) is 3.33. The molecule has 0 aliphatic rings. The number of alkyl halides is 8. The smallest absolute Gasteiger partial charge is 0.424 e. The molecule has 4 nitrogen and oxygen atoms in total. The first-order chi connectivity index (χ1) is 8.23. The van der Waals surface area contributed by atoms with Crippen LogP contribution in [0.3, 0.4) is 0 Å². The van der Waals surface area contributed by atoms with Crippen molar-refractivity contribution in [3.05, 3.63) is 0 Å². The highest BCUT2D eigenvalue weighted by molar-refractivity contribution is 5.73. The number of carbonyl (C=O) groups is 1. The van der Waals surface area contributed by atoms with Crippen molar-refractivity contribution in [1.82, 2.24) is 0 Å². The van der Waals surface area contributed by atoms with Crippen LogP contribution in [0.4, 0.5) is 35.1 Å². The van der Waals surface area contributed by atoms with Crippen molar-refractivity contribution in [1.29, 1.82) is 0 Å². The third-order valence-electron chi connectivity index (χ3n) is 1.74. The van der Waals surface area contributed by atoms with Crippen LogP contribution >= 0.6 is 0 Å². The normalized spacial score (nSPS) is 15.7. The fourth-order valence-corrected chi connectivity index (χ4v) is 0.772. The van der Waals surface area contributed by atoms with Gasteiger partial charge >= 0.3 is 30.5 Å². The molecule has 0 aromatic rings. The molecule has 0 spiro atoms. The number of carboxylic acids is 1. The molecule has 19 heavy (non-hydrogen) atoms. The zero-order chi connectivity index (χ0) is 15.6. The van der Waals surface area contributed by atoms with Crippen LogP contribution in [0, 0.1) is 0 Å². The van der Waals surface area contributed by atoms with Crippen LogP contribution in [-0.4, -0.2) is 41.7 Å². The highest BCUT2D eigenvalue weighted by atomic mass is 19.3. The average Bonchev–Trinajstić information content (AvgIpc) is 2.14. The van der Waals surface area contributed by atoms with Crippen LogP contribution in [0.2, 0.25) is 0 Å². The molecule has 0 radical (unpaired) electrons. The number of hydrogen-bond acceptors (Lipinski definition) is 3. The first-order valence-corrected chi connectivity index (χ1v) is 4.33. The summed E-state index contributed by atoms with van der Waals surface area (Å²) in [6, 6.07) is -2.52. The van der Waals surface area contributed by atoms with Gasteiger partial charge in [0.15, 0.2) is 0 Å². The topological polar surface area (TPSA) is 72.5 Å². The minimum absolute atomic E-state index is 2.11. The SMILES string of the molecule is N[C@H](CC(F)(F)C(F)(F)OC(F)(F)C(F)F)C(=O)O. The predicted molar refractivity (Wildman–Crippen MR) is 42.2 cm³/mol. The molecule has 0 amide bonds. The van der Waals surface area contributed by atoms with E-state index in [-0.39, 0.29) is 0 Å². The molecule has 114 valence electrons. The molecule has 0 aromatic heterocycles. The summed E-state index contributed by atoms with van der Waals surface area (Å²) in [7, 11) is 0. The molecule has 0 rings (SSSR count). The van der Waals surface area contributed by atoms with Crippen LogP contribution in [-0.2, 0) is 9.53 Å². The first kappa shape index (κ1) is 17.8. The van der Waals surface area contributed by atoms with Gasteiger partial charge in [-0.2, -0.15) is 26.3 Å². The summed E-state index contributed by atoms with van der Waals surface area (Å²) in [5.74, 6) is -7.60. The van der Waals surface area contributed by atoms with E-state index >= 15 is 0 Å². The molecular weight excluding hydrogens is 298 g/mol.